The summed E-state index contributed by atoms with van der Waals surface area (Å²) in [5.74, 6) is 1.15. The lowest BCUT2D eigenvalue weighted by atomic mass is 10.1. The highest BCUT2D eigenvalue weighted by Crippen LogP contribution is 2.29. The Hall–Kier alpha value is -1.09. The smallest absolute Gasteiger partial charge is 0.133 e. The molecule has 3 heteroatoms. The first-order valence-electron chi connectivity index (χ1n) is 7.97. The van der Waals surface area contributed by atoms with Crippen molar-refractivity contribution in [3.8, 4) is 0 Å². The third kappa shape index (κ3) is 3.23. The summed E-state index contributed by atoms with van der Waals surface area (Å²) in [5.41, 5.74) is 2.39. The molecule has 1 saturated carbocycles. The minimum Gasteiger partial charge on any atom is -0.356 e. The minimum atomic E-state index is 0.638. The molecule has 3 rings (SSSR count). The number of fused-ring (bicyclic) bond motifs is 1. The molecule has 0 bridgehead atoms. The molecule has 0 saturated heterocycles. The van der Waals surface area contributed by atoms with Crippen LogP contribution in [-0.4, -0.2) is 18.1 Å². The summed E-state index contributed by atoms with van der Waals surface area (Å²) < 4.78 is 0. The normalized spacial score (nSPS) is 16.9. The molecule has 0 unspecified atom stereocenters. The van der Waals surface area contributed by atoms with Gasteiger partial charge in [0, 0.05) is 29.4 Å². The van der Waals surface area contributed by atoms with Crippen molar-refractivity contribution in [3.05, 3.63) is 35.9 Å². The van der Waals surface area contributed by atoms with E-state index in [1.54, 1.807) is 0 Å². The van der Waals surface area contributed by atoms with Gasteiger partial charge in [-0.15, -0.1) is 0 Å². The van der Waals surface area contributed by atoms with Crippen molar-refractivity contribution in [2.24, 2.45) is 0 Å². The summed E-state index contributed by atoms with van der Waals surface area (Å²) in [5, 5.41) is 2.09. The van der Waals surface area contributed by atoms with Gasteiger partial charge in [0.2, 0.25) is 0 Å². The Morgan fingerprint density at radius 3 is 2.57 bits per heavy atom. The first-order chi connectivity index (χ1) is 10.3. The summed E-state index contributed by atoms with van der Waals surface area (Å²) in [4.78, 5) is 7.37. The molecule has 1 aromatic carbocycles. The van der Waals surface area contributed by atoms with Gasteiger partial charge in [-0.25, -0.2) is 4.98 Å². The zero-order valence-electron chi connectivity index (χ0n) is 12.7. The van der Waals surface area contributed by atoms with E-state index in [-0.39, 0.29) is 0 Å². The van der Waals surface area contributed by atoms with Gasteiger partial charge in [0.05, 0.1) is 5.52 Å². The van der Waals surface area contributed by atoms with Crippen LogP contribution >= 0.6 is 15.9 Å². The standard InChI is InChI=1S/C18H23BrN2/c1-21(16-9-4-2-3-5-10-16)18-15(13-19)12-14-8-6-7-11-17(14)20-18/h6-8,11-12,16H,2-5,9-10,13H2,1H3. The third-order valence-corrected chi connectivity index (χ3v) is 5.23. The molecular weight excluding hydrogens is 324 g/mol. The van der Waals surface area contributed by atoms with E-state index in [0.29, 0.717) is 6.04 Å². The Bertz CT molecular complexity index is 603. The number of aromatic nitrogens is 1. The number of anilines is 1. The number of rotatable bonds is 3. The van der Waals surface area contributed by atoms with Crippen LogP contribution in [0, 0.1) is 0 Å². The van der Waals surface area contributed by atoms with E-state index in [0.717, 1.165) is 16.7 Å². The Morgan fingerprint density at radius 1 is 1.14 bits per heavy atom. The number of nitrogens with zero attached hydrogens (tertiary/aromatic N) is 2. The van der Waals surface area contributed by atoms with Crippen LogP contribution in [-0.2, 0) is 5.33 Å². The molecule has 0 radical (unpaired) electrons. The zero-order valence-corrected chi connectivity index (χ0v) is 14.3. The van der Waals surface area contributed by atoms with Crippen LogP contribution in [0.2, 0.25) is 0 Å². The van der Waals surface area contributed by atoms with Gasteiger partial charge in [0.25, 0.3) is 0 Å². The van der Waals surface area contributed by atoms with Crippen LogP contribution in [0.3, 0.4) is 0 Å². The van der Waals surface area contributed by atoms with Gasteiger partial charge in [0.15, 0.2) is 0 Å². The SMILES string of the molecule is CN(c1nc2ccccc2cc1CBr)C1CCCCCC1. The van der Waals surface area contributed by atoms with Gasteiger partial charge in [-0.2, -0.15) is 0 Å². The molecule has 1 aliphatic rings. The second-order valence-corrected chi connectivity index (χ2v) is 6.61. The molecule has 21 heavy (non-hydrogen) atoms. The van der Waals surface area contributed by atoms with Crippen molar-refractivity contribution in [1.82, 2.24) is 4.98 Å². The number of para-hydroxylation sites is 1. The summed E-state index contributed by atoms with van der Waals surface area (Å²) >= 11 is 3.64. The molecule has 1 aromatic heterocycles. The summed E-state index contributed by atoms with van der Waals surface area (Å²) in [6.45, 7) is 0. The van der Waals surface area contributed by atoms with E-state index in [4.69, 9.17) is 4.98 Å². The first kappa shape index (κ1) is 14.8. The van der Waals surface area contributed by atoms with Gasteiger partial charge in [-0.05, 0) is 25.0 Å². The van der Waals surface area contributed by atoms with E-state index in [2.05, 4.69) is 58.2 Å². The number of hydrogen-bond donors (Lipinski definition) is 0. The van der Waals surface area contributed by atoms with Crippen LogP contribution in [0.5, 0.6) is 0 Å². The highest BCUT2D eigenvalue weighted by molar-refractivity contribution is 9.08. The monoisotopic (exact) mass is 346 g/mol. The molecule has 0 aliphatic heterocycles. The van der Waals surface area contributed by atoms with E-state index in [9.17, 15) is 0 Å². The van der Waals surface area contributed by atoms with Crippen molar-refractivity contribution < 1.29 is 0 Å². The molecule has 1 aliphatic carbocycles. The minimum absolute atomic E-state index is 0.638. The molecule has 0 atom stereocenters. The van der Waals surface area contributed by atoms with Crippen molar-refractivity contribution in [2.45, 2.75) is 49.9 Å². The summed E-state index contributed by atoms with van der Waals surface area (Å²) in [6, 6.07) is 11.3. The Morgan fingerprint density at radius 2 is 1.86 bits per heavy atom. The quantitative estimate of drug-likeness (QED) is 0.554. The fourth-order valence-electron chi connectivity index (χ4n) is 3.37. The second-order valence-electron chi connectivity index (χ2n) is 6.05. The summed E-state index contributed by atoms with van der Waals surface area (Å²) in [7, 11) is 2.22. The molecule has 0 spiro atoms. The maximum atomic E-state index is 4.95. The lowest BCUT2D eigenvalue weighted by Gasteiger charge is -2.30. The fourth-order valence-corrected chi connectivity index (χ4v) is 3.78. The summed E-state index contributed by atoms with van der Waals surface area (Å²) in [6.07, 6.45) is 8.08. The van der Waals surface area contributed by atoms with Gasteiger partial charge in [-0.3, -0.25) is 0 Å². The van der Waals surface area contributed by atoms with Crippen LogP contribution in [0.4, 0.5) is 5.82 Å². The van der Waals surface area contributed by atoms with Gasteiger partial charge in [-0.1, -0.05) is 59.8 Å². The topological polar surface area (TPSA) is 16.1 Å². The van der Waals surface area contributed by atoms with E-state index in [1.165, 1.54) is 49.5 Å². The second kappa shape index (κ2) is 6.78. The molecule has 0 N–H and O–H groups in total. The molecule has 0 amide bonds. The van der Waals surface area contributed by atoms with Gasteiger partial charge in [0.1, 0.15) is 5.82 Å². The number of hydrogen-bond acceptors (Lipinski definition) is 2. The van der Waals surface area contributed by atoms with Gasteiger partial charge < -0.3 is 4.90 Å². The largest absolute Gasteiger partial charge is 0.356 e. The predicted molar refractivity (Wildman–Crippen MR) is 94.3 cm³/mol. The molecule has 112 valence electrons. The van der Waals surface area contributed by atoms with Crippen molar-refractivity contribution in [3.63, 3.8) is 0 Å². The molecular formula is C18H23BrN2. The maximum Gasteiger partial charge on any atom is 0.133 e. The first-order valence-corrected chi connectivity index (χ1v) is 9.09. The lowest BCUT2D eigenvalue weighted by Crippen LogP contribution is -2.32. The number of alkyl halides is 1. The van der Waals surface area contributed by atoms with E-state index < -0.39 is 0 Å². The molecule has 2 nitrogen and oxygen atoms in total. The number of pyridine rings is 1. The number of halogens is 1. The van der Waals surface area contributed by atoms with Crippen LogP contribution < -0.4 is 4.90 Å². The van der Waals surface area contributed by atoms with E-state index >= 15 is 0 Å². The molecule has 1 heterocycles. The number of benzene rings is 1. The fraction of sp³-hybridized carbons (Fsp3) is 0.500. The third-order valence-electron chi connectivity index (χ3n) is 4.63. The van der Waals surface area contributed by atoms with Crippen LogP contribution in [0.25, 0.3) is 10.9 Å². The highest BCUT2D eigenvalue weighted by atomic mass is 79.9. The van der Waals surface area contributed by atoms with E-state index in [1.807, 2.05) is 0 Å². The van der Waals surface area contributed by atoms with Crippen molar-refractivity contribution >= 4 is 32.7 Å². The van der Waals surface area contributed by atoms with Crippen molar-refractivity contribution in [1.29, 1.82) is 0 Å². The van der Waals surface area contributed by atoms with Crippen LogP contribution in [0.1, 0.15) is 44.1 Å². The average molecular weight is 347 g/mol. The Labute approximate surface area is 135 Å². The van der Waals surface area contributed by atoms with Crippen molar-refractivity contribution in [2.75, 3.05) is 11.9 Å². The average Bonchev–Trinajstić information content (AvgIpc) is 2.82. The lowest BCUT2D eigenvalue weighted by molar-refractivity contribution is 0.549. The molecule has 1 fully saturated rings. The molecule has 2 aromatic rings. The maximum absolute atomic E-state index is 4.95. The van der Waals surface area contributed by atoms with Crippen LogP contribution in [0.15, 0.2) is 30.3 Å². The highest BCUT2D eigenvalue weighted by Gasteiger charge is 2.20. The van der Waals surface area contributed by atoms with Gasteiger partial charge >= 0.3 is 0 Å². The zero-order chi connectivity index (χ0) is 14.7. The Balaban J connectivity index is 1.97. The Kier molecular flexibility index (Phi) is 4.79. The predicted octanol–water partition coefficient (Wildman–Crippen LogP) is 5.29.